The van der Waals surface area contributed by atoms with Crippen LogP contribution in [0.1, 0.15) is 22.0 Å². The second-order valence-electron chi connectivity index (χ2n) is 6.45. The third kappa shape index (κ3) is 5.27. The normalized spacial score (nSPS) is 11.9. The van der Waals surface area contributed by atoms with Crippen LogP contribution in [-0.4, -0.2) is 31.9 Å². The van der Waals surface area contributed by atoms with E-state index in [-0.39, 0.29) is 17.7 Å². The largest absolute Gasteiger partial charge is 0.344 e. The third-order valence-electron chi connectivity index (χ3n) is 4.36. The molecule has 152 valence electrons. The maximum atomic E-state index is 12.8. The van der Waals surface area contributed by atoms with Crippen LogP contribution in [0.4, 0.5) is 0 Å². The molecule has 0 spiro atoms. The molecule has 0 radical (unpaired) electrons. The Morgan fingerprint density at radius 1 is 1.07 bits per heavy atom. The monoisotopic (exact) mass is 455 g/mol. The quantitative estimate of drug-likeness (QED) is 0.398. The molecule has 1 atom stereocenters. The van der Waals surface area contributed by atoms with Crippen LogP contribution in [0.2, 0.25) is 5.02 Å². The lowest BCUT2D eigenvalue weighted by Crippen LogP contribution is -2.30. The van der Waals surface area contributed by atoms with Gasteiger partial charge in [0.1, 0.15) is 0 Å². The Balaban J connectivity index is 1.44. The summed E-state index contributed by atoms with van der Waals surface area (Å²) in [6.07, 6.45) is 0. The number of hydrogen-bond donors (Lipinski definition) is 1. The lowest BCUT2D eigenvalue weighted by atomic mass is 9.99. The van der Waals surface area contributed by atoms with Gasteiger partial charge in [-0.25, -0.2) is 4.68 Å². The summed E-state index contributed by atoms with van der Waals surface area (Å²) in [5.74, 6) is 0.108. The number of nitrogens with one attached hydrogen (secondary N) is 1. The van der Waals surface area contributed by atoms with Gasteiger partial charge in [0.05, 0.1) is 18.3 Å². The van der Waals surface area contributed by atoms with Crippen LogP contribution in [0, 0.1) is 0 Å². The van der Waals surface area contributed by atoms with Crippen molar-refractivity contribution in [2.24, 2.45) is 0 Å². The molecule has 0 saturated carbocycles. The first-order valence-corrected chi connectivity index (χ1v) is 11.4. The Morgan fingerprint density at radius 2 is 1.83 bits per heavy atom. The zero-order valence-corrected chi connectivity index (χ0v) is 18.2. The molecule has 30 heavy (non-hydrogen) atoms. The average Bonchev–Trinajstić information content (AvgIpc) is 3.44. The van der Waals surface area contributed by atoms with Crippen molar-refractivity contribution < 1.29 is 4.79 Å². The van der Waals surface area contributed by atoms with Crippen LogP contribution in [0.5, 0.6) is 0 Å². The summed E-state index contributed by atoms with van der Waals surface area (Å²) in [7, 11) is 0. The van der Waals surface area contributed by atoms with Crippen molar-refractivity contribution in [3.63, 3.8) is 0 Å². The van der Waals surface area contributed by atoms with E-state index in [4.69, 9.17) is 11.6 Å². The number of rotatable bonds is 8. The van der Waals surface area contributed by atoms with Crippen molar-refractivity contribution >= 4 is 40.6 Å². The van der Waals surface area contributed by atoms with E-state index in [0.717, 1.165) is 16.0 Å². The highest BCUT2D eigenvalue weighted by molar-refractivity contribution is 7.99. The van der Waals surface area contributed by atoms with E-state index in [2.05, 4.69) is 20.8 Å². The minimum Gasteiger partial charge on any atom is -0.344 e. The summed E-state index contributed by atoms with van der Waals surface area (Å²) in [5, 5.41) is 18.2. The van der Waals surface area contributed by atoms with Gasteiger partial charge < -0.3 is 5.32 Å². The smallest absolute Gasteiger partial charge is 0.231 e. The van der Waals surface area contributed by atoms with Gasteiger partial charge in [-0.3, -0.25) is 4.79 Å². The highest BCUT2D eigenvalue weighted by Gasteiger charge is 2.18. The van der Waals surface area contributed by atoms with Crippen LogP contribution in [0.25, 0.3) is 0 Å². The number of thiophene rings is 1. The number of carbonyl (C=O) groups excluding carboxylic acids is 1. The number of benzene rings is 2. The lowest BCUT2D eigenvalue weighted by Gasteiger charge is -2.20. The third-order valence-corrected chi connectivity index (χ3v) is 6.43. The van der Waals surface area contributed by atoms with Crippen molar-refractivity contribution in [3.8, 4) is 0 Å². The first kappa shape index (κ1) is 20.6. The van der Waals surface area contributed by atoms with E-state index >= 15 is 0 Å². The molecule has 0 fully saturated rings. The molecule has 0 saturated heterocycles. The predicted molar refractivity (Wildman–Crippen MR) is 120 cm³/mol. The fourth-order valence-corrected chi connectivity index (χ4v) is 4.44. The summed E-state index contributed by atoms with van der Waals surface area (Å²) in [4.78, 5) is 13.9. The molecule has 2 aromatic carbocycles. The van der Waals surface area contributed by atoms with Crippen LogP contribution in [0.3, 0.4) is 0 Å². The van der Waals surface area contributed by atoms with Gasteiger partial charge in [-0.1, -0.05) is 71.9 Å². The van der Waals surface area contributed by atoms with Gasteiger partial charge in [-0.2, -0.15) is 0 Å². The van der Waals surface area contributed by atoms with Gasteiger partial charge in [-0.15, -0.1) is 16.4 Å². The standard InChI is InChI=1S/C21H18ClN5OS2/c22-17-10-8-16(9-11-17)20(15-5-2-1-3-6-15)23-19(28)14-30-21-24-25-26-27(21)13-18-7-4-12-29-18/h1-12,20H,13-14H2,(H,23,28). The second kappa shape index (κ2) is 9.88. The molecule has 4 rings (SSSR count). The Kier molecular flexibility index (Phi) is 6.78. The summed E-state index contributed by atoms with van der Waals surface area (Å²) in [5.41, 5.74) is 1.96. The molecule has 1 unspecified atom stereocenters. The fourth-order valence-electron chi connectivity index (χ4n) is 2.94. The number of thioether (sulfide) groups is 1. The number of hydrogen-bond acceptors (Lipinski definition) is 6. The van der Waals surface area contributed by atoms with Gasteiger partial charge >= 0.3 is 0 Å². The van der Waals surface area contributed by atoms with Gasteiger partial charge in [0.2, 0.25) is 11.1 Å². The van der Waals surface area contributed by atoms with E-state index in [0.29, 0.717) is 16.7 Å². The Labute approximate surface area is 187 Å². The zero-order chi connectivity index (χ0) is 20.8. The summed E-state index contributed by atoms with van der Waals surface area (Å²) >= 11 is 8.99. The number of halogens is 1. The molecule has 9 heteroatoms. The van der Waals surface area contributed by atoms with Crippen molar-refractivity contribution in [3.05, 3.63) is 93.1 Å². The van der Waals surface area contributed by atoms with E-state index < -0.39 is 0 Å². The minimum atomic E-state index is -0.265. The number of nitrogens with zero attached hydrogens (tertiary/aromatic N) is 4. The van der Waals surface area contributed by atoms with Crippen LogP contribution >= 0.6 is 34.7 Å². The first-order valence-electron chi connectivity index (χ1n) is 9.20. The van der Waals surface area contributed by atoms with E-state index in [1.54, 1.807) is 16.0 Å². The zero-order valence-electron chi connectivity index (χ0n) is 15.8. The molecule has 0 aliphatic rings. The maximum Gasteiger partial charge on any atom is 0.231 e. The molecule has 4 aromatic rings. The molecule has 1 amide bonds. The molecule has 6 nitrogen and oxygen atoms in total. The Morgan fingerprint density at radius 3 is 2.57 bits per heavy atom. The first-order chi connectivity index (χ1) is 14.7. The number of tetrazole rings is 1. The topological polar surface area (TPSA) is 72.7 Å². The Bertz CT molecular complexity index is 1080. The van der Waals surface area contributed by atoms with Crippen molar-refractivity contribution in [2.45, 2.75) is 17.7 Å². The summed E-state index contributed by atoms with van der Waals surface area (Å²) in [6, 6.07) is 21.1. The van der Waals surface area contributed by atoms with Crippen LogP contribution in [0.15, 0.2) is 77.3 Å². The van der Waals surface area contributed by atoms with Crippen molar-refractivity contribution in [1.82, 2.24) is 25.5 Å². The summed E-state index contributed by atoms with van der Waals surface area (Å²) < 4.78 is 1.71. The van der Waals surface area contributed by atoms with Crippen LogP contribution in [-0.2, 0) is 11.3 Å². The van der Waals surface area contributed by atoms with E-state index in [1.807, 2.05) is 72.1 Å². The highest BCUT2D eigenvalue weighted by Crippen LogP contribution is 2.24. The highest BCUT2D eigenvalue weighted by atomic mass is 35.5. The molecule has 1 N–H and O–H groups in total. The van der Waals surface area contributed by atoms with Gasteiger partial charge in [0.15, 0.2) is 0 Å². The van der Waals surface area contributed by atoms with E-state index in [9.17, 15) is 4.79 Å². The molecule has 0 aliphatic carbocycles. The van der Waals surface area contributed by atoms with Gasteiger partial charge in [0, 0.05) is 9.90 Å². The molecule has 0 aliphatic heterocycles. The SMILES string of the molecule is O=C(CSc1nnnn1Cc1cccs1)NC(c1ccccc1)c1ccc(Cl)cc1. The molecule has 2 heterocycles. The molecular formula is C21H18ClN5OS2. The fraction of sp³-hybridized carbons (Fsp3) is 0.143. The Hall–Kier alpha value is -2.68. The van der Waals surface area contributed by atoms with Gasteiger partial charge in [0.25, 0.3) is 0 Å². The average molecular weight is 456 g/mol. The lowest BCUT2D eigenvalue weighted by molar-refractivity contribution is -0.119. The van der Waals surface area contributed by atoms with Crippen molar-refractivity contribution in [1.29, 1.82) is 0 Å². The summed E-state index contributed by atoms with van der Waals surface area (Å²) in [6.45, 7) is 0.589. The molecule has 2 aromatic heterocycles. The van der Waals surface area contributed by atoms with Crippen molar-refractivity contribution in [2.75, 3.05) is 5.75 Å². The predicted octanol–water partition coefficient (Wildman–Crippen LogP) is 4.43. The maximum absolute atomic E-state index is 12.8. The molecular weight excluding hydrogens is 438 g/mol. The van der Waals surface area contributed by atoms with Crippen LogP contribution < -0.4 is 5.32 Å². The van der Waals surface area contributed by atoms with E-state index in [1.165, 1.54) is 11.8 Å². The number of aromatic nitrogens is 4. The second-order valence-corrected chi connectivity index (χ2v) is 8.86. The number of carbonyl (C=O) groups is 1. The minimum absolute atomic E-state index is 0.102. The molecule has 0 bridgehead atoms. The van der Waals surface area contributed by atoms with Gasteiger partial charge in [-0.05, 0) is 45.1 Å². The number of amides is 1.